The number of likely N-dealkylation sites (tertiary alicyclic amines) is 1. The lowest BCUT2D eigenvalue weighted by atomic mass is 9.94. The fourth-order valence-corrected chi connectivity index (χ4v) is 3.12. The highest BCUT2D eigenvalue weighted by Crippen LogP contribution is 2.22. The summed E-state index contributed by atoms with van der Waals surface area (Å²) in [5.74, 6) is 0.529. The lowest BCUT2D eigenvalue weighted by Crippen LogP contribution is -2.39. The summed E-state index contributed by atoms with van der Waals surface area (Å²) in [7, 11) is 4.03. The third kappa shape index (κ3) is 4.05. The summed E-state index contributed by atoms with van der Waals surface area (Å²) in [6.45, 7) is 4.97. The molecule has 1 heterocycles. The minimum absolute atomic E-state index is 0.140. The van der Waals surface area contributed by atoms with E-state index in [1.54, 1.807) is 0 Å². The summed E-state index contributed by atoms with van der Waals surface area (Å²) in [5.41, 5.74) is 7.27. The fraction of sp³-hybridized carbons (Fsp3) is 0.588. The average molecular weight is 289 g/mol. The molecule has 4 nitrogen and oxygen atoms in total. The van der Waals surface area contributed by atoms with E-state index in [1.807, 2.05) is 49.2 Å². The van der Waals surface area contributed by atoms with Crippen LogP contribution in [0.5, 0.6) is 0 Å². The van der Waals surface area contributed by atoms with Gasteiger partial charge in [0.2, 0.25) is 5.91 Å². The van der Waals surface area contributed by atoms with Crippen molar-refractivity contribution in [3.63, 3.8) is 0 Å². The Balaban J connectivity index is 1.92. The van der Waals surface area contributed by atoms with Gasteiger partial charge in [0.15, 0.2) is 0 Å². The van der Waals surface area contributed by atoms with Gasteiger partial charge in [-0.05, 0) is 31.5 Å². The van der Waals surface area contributed by atoms with Crippen LogP contribution in [0.15, 0.2) is 30.3 Å². The summed E-state index contributed by atoms with van der Waals surface area (Å²) in [4.78, 5) is 16.7. The predicted octanol–water partition coefficient (Wildman–Crippen LogP) is 1.73. The number of rotatable bonds is 5. The van der Waals surface area contributed by atoms with Crippen molar-refractivity contribution in [3.05, 3.63) is 35.9 Å². The molecule has 0 spiro atoms. The molecule has 0 saturated carbocycles. The van der Waals surface area contributed by atoms with E-state index in [-0.39, 0.29) is 17.9 Å². The van der Waals surface area contributed by atoms with Gasteiger partial charge in [-0.3, -0.25) is 4.79 Å². The van der Waals surface area contributed by atoms with Crippen LogP contribution in [0.25, 0.3) is 0 Å². The van der Waals surface area contributed by atoms with Crippen LogP contribution in [-0.4, -0.2) is 49.4 Å². The third-order valence-corrected chi connectivity index (χ3v) is 4.51. The van der Waals surface area contributed by atoms with E-state index in [0.29, 0.717) is 5.92 Å². The second kappa shape index (κ2) is 7.05. The average Bonchev–Trinajstić information content (AvgIpc) is 2.90. The maximum atomic E-state index is 12.6. The van der Waals surface area contributed by atoms with Crippen LogP contribution < -0.4 is 5.73 Å². The third-order valence-electron chi connectivity index (χ3n) is 4.51. The molecule has 3 unspecified atom stereocenters. The van der Waals surface area contributed by atoms with Gasteiger partial charge in [0, 0.05) is 26.2 Å². The molecule has 0 aliphatic carbocycles. The fourth-order valence-electron chi connectivity index (χ4n) is 3.12. The first-order valence-corrected chi connectivity index (χ1v) is 7.73. The number of carbonyl (C=O) groups excluding carboxylic acids is 1. The molecule has 1 aliphatic rings. The van der Waals surface area contributed by atoms with Crippen molar-refractivity contribution in [2.24, 2.45) is 17.6 Å². The molecule has 0 bridgehead atoms. The van der Waals surface area contributed by atoms with Gasteiger partial charge in [-0.1, -0.05) is 37.3 Å². The van der Waals surface area contributed by atoms with Crippen molar-refractivity contribution < 1.29 is 4.79 Å². The number of amides is 1. The highest BCUT2D eigenvalue weighted by molar-refractivity contribution is 5.79. The molecule has 1 aromatic carbocycles. The lowest BCUT2D eigenvalue weighted by molar-refractivity contribution is -0.134. The Hall–Kier alpha value is -1.39. The molecule has 4 heteroatoms. The van der Waals surface area contributed by atoms with Gasteiger partial charge in [-0.2, -0.15) is 0 Å². The standard InChI is InChI=1S/C17H27N3O/c1-13(16(18)15-7-5-4-6-8-15)17(21)20(3)12-14-9-10-19(2)11-14/h4-8,13-14,16H,9-12,18H2,1-3H3. The first-order valence-electron chi connectivity index (χ1n) is 7.73. The van der Waals surface area contributed by atoms with Gasteiger partial charge in [0.05, 0.1) is 5.92 Å². The van der Waals surface area contributed by atoms with Crippen molar-refractivity contribution >= 4 is 5.91 Å². The van der Waals surface area contributed by atoms with Crippen LogP contribution in [0.4, 0.5) is 0 Å². The first kappa shape index (κ1) is 16.0. The Morgan fingerprint density at radius 1 is 1.43 bits per heavy atom. The molecule has 2 N–H and O–H groups in total. The Labute approximate surface area is 127 Å². The van der Waals surface area contributed by atoms with E-state index in [4.69, 9.17) is 5.73 Å². The summed E-state index contributed by atoms with van der Waals surface area (Å²) < 4.78 is 0. The van der Waals surface area contributed by atoms with Gasteiger partial charge >= 0.3 is 0 Å². The highest BCUT2D eigenvalue weighted by atomic mass is 16.2. The summed E-state index contributed by atoms with van der Waals surface area (Å²) in [6, 6.07) is 9.62. The Morgan fingerprint density at radius 2 is 2.10 bits per heavy atom. The lowest BCUT2D eigenvalue weighted by Gasteiger charge is -2.27. The van der Waals surface area contributed by atoms with Gasteiger partial charge in [0.1, 0.15) is 0 Å². The molecular weight excluding hydrogens is 262 g/mol. The summed E-state index contributed by atoms with van der Waals surface area (Å²) in [5, 5.41) is 0. The van der Waals surface area contributed by atoms with Gasteiger partial charge < -0.3 is 15.5 Å². The van der Waals surface area contributed by atoms with Gasteiger partial charge in [-0.15, -0.1) is 0 Å². The molecule has 3 atom stereocenters. The minimum atomic E-state index is -0.243. The van der Waals surface area contributed by atoms with Crippen molar-refractivity contribution in [1.82, 2.24) is 9.80 Å². The largest absolute Gasteiger partial charge is 0.345 e. The molecule has 1 fully saturated rings. The molecule has 116 valence electrons. The maximum absolute atomic E-state index is 12.6. The van der Waals surface area contributed by atoms with Crippen molar-refractivity contribution in [1.29, 1.82) is 0 Å². The van der Waals surface area contributed by atoms with Crippen LogP contribution in [0.3, 0.4) is 0 Å². The number of hydrogen-bond donors (Lipinski definition) is 1. The van der Waals surface area contributed by atoms with Crippen molar-refractivity contribution in [2.45, 2.75) is 19.4 Å². The Bertz CT molecular complexity index is 462. The van der Waals surface area contributed by atoms with Crippen molar-refractivity contribution in [2.75, 3.05) is 33.7 Å². The predicted molar refractivity (Wildman–Crippen MR) is 85.8 cm³/mol. The van der Waals surface area contributed by atoms with Crippen LogP contribution >= 0.6 is 0 Å². The van der Waals surface area contributed by atoms with Crippen LogP contribution in [-0.2, 0) is 4.79 Å². The first-order chi connectivity index (χ1) is 9.99. The number of hydrogen-bond acceptors (Lipinski definition) is 3. The summed E-state index contributed by atoms with van der Waals surface area (Å²) >= 11 is 0. The zero-order valence-corrected chi connectivity index (χ0v) is 13.3. The van der Waals surface area contributed by atoms with Crippen LogP contribution in [0, 0.1) is 11.8 Å². The number of nitrogens with two attached hydrogens (primary N) is 1. The Morgan fingerprint density at radius 3 is 2.67 bits per heavy atom. The smallest absolute Gasteiger partial charge is 0.227 e. The van der Waals surface area contributed by atoms with Gasteiger partial charge in [-0.25, -0.2) is 0 Å². The molecule has 1 aliphatic heterocycles. The number of benzene rings is 1. The zero-order valence-electron chi connectivity index (χ0n) is 13.3. The molecule has 1 aromatic rings. The molecule has 0 aromatic heterocycles. The van der Waals surface area contributed by atoms with Crippen molar-refractivity contribution in [3.8, 4) is 0 Å². The molecule has 0 radical (unpaired) electrons. The van der Waals surface area contributed by atoms with Gasteiger partial charge in [0.25, 0.3) is 0 Å². The summed E-state index contributed by atoms with van der Waals surface area (Å²) in [6.07, 6.45) is 1.17. The SMILES string of the molecule is CC(C(=O)N(C)CC1CCN(C)C1)C(N)c1ccccc1. The van der Waals surface area contributed by atoms with E-state index in [2.05, 4.69) is 11.9 Å². The van der Waals surface area contributed by atoms with Crippen LogP contribution in [0.1, 0.15) is 24.9 Å². The maximum Gasteiger partial charge on any atom is 0.227 e. The van der Waals surface area contributed by atoms with E-state index in [9.17, 15) is 4.79 Å². The van der Waals surface area contributed by atoms with E-state index in [1.165, 1.54) is 6.42 Å². The molecule has 1 saturated heterocycles. The van der Waals surface area contributed by atoms with E-state index in [0.717, 1.165) is 25.2 Å². The minimum Gasteiger partial charge on any atom is -0.345 e. The number of nitrogens with zero attached hydrogens (tertiary/aromatic N) is 2. The molecule has 2 rings (SSSR count). The van der Waals surface area contributed by atoms with Crippen LogP contribution in [0.2, 0.25) is 0 Å². The molecule has 21 heavy (non-hydrogen) atoms. The normalized spacial score (nSPS) is 22.0. The quantitative estimate of drug-likeness (QED) is 0.898. The monoisotopic (exact) mass is 289 g/mol. The Kier molecular flexibility index (Phi) is 5.37. The topological polar surface area (TPSA) is 49.6 Å². The molecule has 1 amide bonds. The highest BCUT2D eigenvalue weighted by Gasteiger charge is 2.28. The molecular formula is C17H27N3O. The van der Waals surface area contributed by atoms with E-state index >= 15 is 0 Å². The van der Waals surface area contributed by atoms with E-state index < -0.39 is 0 Å². The second-order valence-corrected chi connectivity index (χ2v) is 6.36. The number of carbonyl (C=O) groups is 1. The second-order valence-electron chi connectivity index (χ2n) is 6.36. The zero-order chi connectivity index (χ0) is 15.4.